The van der Waals surface area contributed by atoms with Gasteiger partial charge in [0.2, 0.25) is 0 Å². The van der Waals surface area contributed by atoms with Gasteiger partial charge in [0.05, 0.1) is 19.8 Å². The summed E-state index contributed by atoms with van der Waals surface area (Å²) >= 11 is 0. The molecule has 3 fully saturated rings. The average molecular weight is 504 g/mol. The zero-order chi connectivity index (χ0) is 25.3. The number of aliphatic hydroxyl groups excluding tert-OH is 11. The predicted molar refractivity (Wildman–Crippen MR) is 101 cm³/mol. The van der Waals surface area contributed by atoms with Crippen molar-refractivity contribution in [3.8, 4) is 0 Å². The minimum atomic E-state index is -1.85. The van der Waals surface area contributed by atoms with Crippen LogP contribution in [0.25, 0.3) is 0 Å². The van der Waals surface area contributed by atoms with E-state index in [1.165, 1.54) is 0 Å². The molecule has 0 bridgehead atoms. The van der Waals surface area contributed by atoms with E-state index >= 15 is 0 Å². The lowest BCUT2D eigenvalue weighted by Crippen LogP contribution is -2.65. The van der Waals surface area contributed by atoms with E-state index < -0.39 is 112 Å². The lowest BCUT2D eigenvalue weighted by atomic mass is 9.97. The molecule has 0 aromatic carbocycles. The molecule has 0 aromatic rings. The molecule has 0 amide bonds. The minimum absolute atomic E-state index is 0.609. The summed E-state index contributed by atoms with van der Waals surface area (Å²) in [5, 5.41) is 109. The minimum Gasteiger partial charge on any atom is -0.394 e. The molecule has 34 heavy (non-hydrogen) atoms. The highest BCUT2D eigenvalue weighted by molar-refractivity contribution is 4.94. The smallest absolute Gasteiger partial charge is 0.187 e. The fourth-order valence-electron chi connectivity index (χ4n) is 3.93. The van der Waals surface area contributed by atoms with Gasteiger partial charge in [-0.15, -0.1) is 0 Å². The highest BCUT2D eigenvalue weighted by Crippen LogP contribution is 2.30. The van der Waals surface area contributed by atoms with Crippen molar-refractivity contribution in [1.82, 2.24) is 0 Å². The van der Waals surface area contributed by atoms with Crippen molar-refractivity contribution in [2.45, 2.75) is 92.1 Å². The van der Waals surface area contributed by atoms with E-state index in [2.05, 4.69) is 0 Å². The Balaban J connectivity index is 1.74. The van der Waals surface area contributed by atoms with Crippen molar-refractivity contribution in [3.63, 3.8) is 0 Å². The van der Waals surface area contributed by atoms with Crippen molar-refractivity contribution in [2.24, 2.45) is 0 Å². The molecular formula is C18H32O16. The predicted octanol–water partition coefficient (Wildman–Crippen LogP) is -7.57. The molecule has 0 aromatic heterocycles. The van der Waals surface area contributed by atoms with Crippen LogP contribution in [0.5, 0.6) is 0 Å². The molecule has 3 heterocycles. The Hall–Kier alpha value is -0.640. The van der Waals surface area contributed by atoms with Gasteiger partial charge in [-0.1, -0.05) is 0 Å². The number of hydrogen-bond donors (Lipinski definition) is 11. The van der Waals surface area contributed by atoms with Crippen LogP contribution in [0.2, 0.25) is 0 Å². The van der Waals surface area contributed by atoms with Gasteiger partial charge in [0.25, 0.3) is 0 Å². The molecule has 0 radical (unpaired) electrons. The van der Waals surface area contributed by atoms with E-state index in [9.17, 15) is 56.2 Å². The second-order valence-corrected chi connectivity index (χ2v) is 8.37. The standard InChI is InChI=1S/C18H32O16/c19-1-4-7(21)11(25)14(28)17(32-4)34-15-12(26)8(22)5(2-20)33-18(15)30-3-6-9(23)10(24)13(27)16(29)31-6/h4-29H,1-3H2/t4-,5-,6-,7+,8-,9-,10+,11+,12+,13-,14-,15-,16-,17+,18-/m1/s1. The van der Waals surface area contributed by atoms with Crippen LogP contribution in [-0.2, 0) is 23.7 Å². The Kier molecular flexibility index (Phi) is 9.54. The molecule has 3 aliphatic rings. The van der Waals surface area contributed by atoms with Crippen molar-refractivity contribution in [3.05, 3.63) is 0 Å². The normalized spacial score (nSPS) is 52.5. The summed E-state index contributed by atoms with van der Waals surface area (Å²) in [6.45, 7) is -2.11. The molecule has 3 rings (SSSR count). The van der Waals surface area contributed by atoms with E-state index in [0.717, 1.165) is 0 Å². The summed E-state index contributed by atoms with van der Waals surface area (Å²) < 4.78 is 26.5. The Morgan fingerprint density at radius 1 is 0.500 bits per heavy atom. The van der Waals surface area contributed by atoms with E-state index in [4.69, 9.17) is 23.7 Å². The van der Waals surface area contributed by atoms with E-state index in [1.54, 1.807) is 0 Å². The van der Waals surface area contributed by atoms with Gasteiger partial charge in [-0.25, -0.2) is 0 Å². The first-order valence-electron chi connectivity index (χ1n) is 10.6. The van der Waals surface area contributed by atoms with Crippen molar-refractivity contribution in [1.29, 1.82) is 0 Å². The van der Waals surface area contributed by atoms with E-state index in [0.29, 0.717) is 0 Å². The average Bonchev–Trinajstić information content (AvgIpc) is 2.82. The summed E-state index contributed by atoms with van der Waals surface area (Å²) in [7, 11) is 0. The molecule has 16 heteroatoms. The zero-order valence-corrected chi connectivity index (χ0v) is 17.7. The quantitative estimate of drug-likeness (QED) is 0.154. The second kappa shape index (κ2) is 11.6. The molecule has 3 aliphatic heterocycles. The third kappa shape index (κ3) is 5.52. The zero-order valence-electron chi connectivity index (χ0n) is 17.7. The number of ether oxygens (including phenoxy) is 5. The van der Waals surface area contributed by atoms with Crippen LogP contribution in [0.15, 0.2) is 0 Å². The highest BCUT2D eigenvalue weighted by Gasteiger charge is 2.51. The second-order valence-electron chi connectivity index (χ2n) is 8.37. The summed E-state index contributed by atoms with van der Waals surface area (Å²) in [6.07, 6.45) is -25.0. The Bertz CT molecular complexity index is 639. The van der Waals surface area contributed by atoms with Crippen LogP contribution in [-0.4, -0.2) is 168 Å². The molecule has 200 valence electrons. The molecular weight excluding hydrogens is 472 g/mol. The number of aliphatic hydroxyl groups is 11. The van der Waals surface area contributed by atoms with Crippen molar-refractivity contribution >= 4 is 0 Å². The molecule has 15 atom stereocenters. The molecule has 0 unspecified atom stereocenters. The summed E-state index contributed by atoms with van der Waals surface area (Å²) in [6, 6.07) is 0. The molecule has 0 aliphatic carbocycles. The van der Waals surface area contributed by atoms with Gasteiger partial charge < -0.3 is 79.9 Å². The van der Waals surface area contributed by atoms with Gasteiger partial charge in [0.1, 0.15) is 73.2 Å². The first kappa shape index (κ1) is 27.9. The monoisotopic (exact) mass is 504 g/mol. The molecule has 11 N–H and O–H groups in total. The third-order valence-corrected chi connectivity index (χ3v) is 6.08. The van der Waals surface area contributed by atoms with Crippen LogP contribution in [0.4, 0.5) is 0 Å². The summed E-state index contributed by atoms with van der Waals surface area (Å²) in [5.74, 6) is 0. The first-order valence-corrected chi connectivity index (χ1v) is 10.6. The van der Waals surface area contributed by atoms with Gasteiger partial charge in [0.15, 0.2) is 18.9 Å². The largest absolute Gasteiger partial charge is 0.394 e. The molecule has 3 saturated heterocycles. The van der Waals surface area contributed by atoms with Gasteiger partial charge >= 0.3 is 0 Å². The topological polar surface area (TPSA) is 269 Å². The van der Waals surface area contributed by atoms with Gasteiger partial charge in [-0.3, -0.25) is 0 Å². The van der Waals surface area contributed by atoms with E-state index in [-0.39, 0.29) is 0 Å². The van der Waals surface area contributed by atoms with Crippen LogP contribution in [0.1, 0.15) is 0 Å². The van der Waals surface area contributed by atoms with Crippen LogP contribution >= 0.6 is 0 Å². The SMILES string of the molecule is OC[C@H]1O[C@@H](O[C@H]2[C@H](OC[C@H]3O[C@@H](O)[C@H](O)[C@@H](O)[C@@H]3O)O[C@H](CO)[C@@H](O)[C@@H]2O)[C@H](O)[C@@H](O)[C@H]1O. The molecule has 0 spiro atoms. The van der Waals surface area contributed by atoms with Crippen LogP contribution < -0.4 is 0 Å². The fraction of sp³-hybridized carbons (Fsp3) is 1.00. The Morgan fingerprint density at radius 2 is 1.00 bits per heavy atom. The Labute approximate surface area is 192 Å². The maximum atomic E-state index is 10.5. The van der Waals surface area contributed by atoms with Crippen LogP contribution in [0.3, 0.4) is 0 Å². The number of hydrogen-bond acceptors (Lipinski definition) is 16. The molecule has 16 nitrogen and oxygen atoms in total. The van der Waals surface area contributed by atoms with Crippen molar-refractivity contribution in [2.75, 3.05) is 19.8 Å². The van der Waals surface area contributed by atoms with Gasteiger partial charge in [0, 0.05) is 0 Å². The van der Waals surface area contributed by atoms with E-state index in [1.807, 2.05) is 0 Å². The maximum absolute atomic E-state index is 10.5. The number of rotatable bonds is 7. The summed E-state index contributed by atoms with van der Waals surface area (Å²) in [5.41, 5.74) is 0. The summed E-state index contributed by atoms with van der Waals surface area (Å²) in [4.78, 5) is 0. The lowest BCUT2D eigenvalue weighted by Gasteiger charge is -2.46. The fourth-order valence-corrected chi connectivity index (χ4v) is 3.93. The van der Waals surface area contributed by atoms with Crippen LogP contribution in [0, 0.1) is 0 Å². The first-order chi connectivity index (χ1) is 16.0. The lowest BCUT2D eigenvalue weighted by molar-refractivity contribution is -0.372. The van der Waals surface area contributed by atoms with Crippen molar-refractivity contribution < 1.29 is 79.9 Å². The maximum Gasteiger partial charge on any atom is 0.187 e. The Morgan fingerprint density at radius 3 is 1.59 bits per heavy atom. The third-order valence-electron chi connectivity index (χ3n) is 6.08. The van der Waals surface area contributed by atoms with Gasteiger partial charge in [-0.05, 0) is 0 Å². The van der Waals surface area contributed by atoms with Gasteiger partial charge in [-0.2, -0.15) is 0 Å². The highest BCUT2D eigenvalue weighted by atomic mass is 16.8. The molecule has 0 saturated carbocycles.